The molecule has 0 heterocycles. The molecule has 0 radical (unpaired) electrons. The highest BCUT2D eigenvalue weighted by Crippen LogP contribution is 2.48. The van der Waals surface area contributed by atoms with E-state index in [9.17, 15) is 0 Å². The molecule has 0 N–H and O–H groups in total. The first-order chi connectivity index (χ1) is 17.1. The highest BCUT2D eigenvalue weighted by Gasteiger charge is 2.38. The molecule has 0 saturated heterocycles. The summed E-state index contributed by atoms with van der Waals surface area (Å²) in [5.41, 5.74) is 2.49. The maximum Gasteiger partial charge on any atom is 0.162 e. The Morgan fingerprint density at radius 2 is 1.54 bits per heavy atom. The van der Waals surface area contributed by atoms with Gasteiger partial charge in [-0.2, -0.15) is 0 Å². The maximum absolute atomic E-state index is 15.4. The van der Waals surface area contributed by atoms with Gasteiger partial charge in [0.05, 0.1) is 6.10 Å². The van der Waals surface area contributed by atoms with Gasteiger partial charge in [0.25, 0.3) is 0 Å². The molecule has 3 aliphatic carbocycles. The Kier molecular flexibility index (Phi) is 10.5. The summed E-state index contributed by atoms with van der Waals surface area (Å²) in [5, 5.41) is 0. The Bertz CT molecular complexity index is 790. The van der Waals surface area contributed by atoms with Crippen molar-refractivity contribution in [3.8, 4) is 0 Å². The minimum absolute atomic E-state index is 0.189. The average molecular weight is 489 g/mol. The number of halogens is 2. The molecular weight excluding hydrogens is 438 g/mol. The fourth-order valence-corrected chi connectivity index (χ4v) is 7.39. The second kappa shape index (κ2) is 13.5. The molecule has 4 rings (SSSR count). The summed E-state index contributed by atoms with van der Waals surface area (Å²) in [4.78, 5) is 0. The summed E-state index contributed by atoms with van der Waals surface area (Å²) >= 11 is 0. The van der Waals surface area contributed by atoms with E-state index in [2.05, 4.69) is 19.9 Å². The van der Waals surface area contributed by atoms with E-state index in [1.54, 1.807) is 0 Å². The minimum Gasteiger partial charge on any atom is -0.378 e. The highest BCUT2D eigenvalue weighted by molar-refractivity contribution is 5.38. The molecule has 35 heavy (non-hydrogen) atoms. The molecular formula is C32H50F2O. The van der Waals surface area contributed by atoms with Crippen LogP contribution in [0.3, 0.4) is 0 Å². The van der Waals surface area contributed by atoms with E-state index in [0.717, 1.165) is 57.1 Å². The lowest BCUT2D eigenvalue weighted by atomic mass is 9.65. The van der Waals surface area contributed by atoms with Crippen LogP contribution in [0.15, 0.2) is 6.07 Å². The molecule has 1 nitrogen and oxygen atoms in total. The van der Waals surface area contributed by atoms with Crippen LogP contribution in [-0.4, -0.2) is 12.7 Å². The van der Waals surface area contributed by atoms with Crippen molar-refractivity contribution in [3.63, 3.8) is 0 Å². The van der Waals surface area contributed by atoms with Gasteiger partial charge in [0.1, 0.15) is 0 Å². The number of fused-ring (bicyclic) bond motifs is 2. The molecule has 2 saturated carbocycles. The Balaban J connectivity index is 1.32. The van der Waals surface area contributed by atoms with Crippen molar-refractivity contribution in [2.75, 3.05) is 6.61 Å². The molecule has 3 heteroatoms. The molecule has 0 amide bonds. The summed E-state index contributed by atoms with van der Waals surface area (Å²) in [6, 6.07) is 2.08. The van der Waals surface area contributed by atoms with Gasteiger partial charge in [-0.15, -0.1) is 0 Å². The van der Waals surface area contributed by atoms with Crippen molar-refractivity contribution in [1.82, 2.24) is 0 Å². The van der Waals surface area contributed by atoms with Gasteiger partial charge in [-0.05, 0) is 105 Å². The normalized spacial score (nSPS) is 28.5. The first-order valence-electron chi connectivity index (χ1n) is 15.2. The SMILES string of the molecule is CCCCCCCC1CCc2cc(C3CCC4CC(OCCCCC)CCC4C3)c(F)c(F)c2C1. The number of hydrogen-bond acceptors (Lipinski definition) is 1. The van der Waals surface area contributed by atoms with Crippen LogP contribution in [0, 0.1) is 29.4 Å². The molecule has 5 atom stereocenters. The summed E-state index contributed by atoms with van der Waals surface area (Å²) in [7, 11) is 0. The topological polar surface area (TPSA) is 9.23 Å². The molecule has 0 aromatic heterocycles. The highest BCUT2D eigenvalue weighted by atomic mass is 19.2. The third-order valence-corrected chi connectivity index (χ3v) is 9.57. The van der Waals surface area contributed by atoms with Gasteiger partial charge >= 0.3 is 0 Å². The second-order valence-corrected chi connectivity index (χ2v) is 12.1. The van der Waals surface area contributed by atoms with Crippen molar-refractivity contribution in [2.24, 2.45) is 17.8 Å². The molecule has 0 aliphatic heterocycles. The van der Waals surface area contributed by atoms with Gasteiger partial charge in [0.15, 0.2) is 11.6 Å². The Morgan fingerprint density at radius 3 is 2.37 bits per heavy atom. The minimum atomic E-state index is -0.524. The second-order valence-electron chi connectivity index (χ2n) is 12.1. The van der Waals surface area contributed by atoms with E-state index in [4.69, 9.17) is 4.74 Å². The fourth-order valence-electron chi connectivity index (χ4n) is 7.39. The molecule has 1 aromatic carbocycles. The number of rotatable bonds is 12. The lowest BCUT2D eigenvalue weighted by Crippen LogP contribution is -2.34. The van der Waals surface area contributed by atoms with E-state index in [-0.39, 0.29) is 5.92 Å². The molecule has 3 aliphatic rings. The van der Waals surface area contributed by atoms with Crippen LogP contribution in [0.1, 0.15) is 139 Å². The zero-order chi connectivity index (χ0) is 24.6. The quantitative estimate of drug-likeness (QED) is 0.266. The number of aryl methyl sites for hydroxylation is 1. The van der Waals surface area contributed by atoms with Crippen LogP contribution in [0.2, 0.25) is 0 Å². The summed E-state index contributed by atoms with van der Waals surface area (Å²) in [6.45, 7) is 5.37. The zero-order valence-electron chi connectivity index (χ0n) is 22.6. The number of ether oxygens (including phenoxy) is 1. The van der Waals surface area contributed by atoms with Crippen LogP contribution >= 0.6 is 0 Å². The molecule has 198 valence electrons. The van der Waals surface area contributed by atoms with Crippen molar-refractivity contribution >= 4 is 0 Å². The van der Waals surface area contributed by atoms with E-state index in [0.29, 0.717) is 35.0 Å². The van der Waals surface area contributed by atoms with Crippen LogP contribution in [0.4, 0.5) is 8.78 Å². The molecule has 5 unspecified atom stereocenters. The molecule has 1 aromatic rings. The molecule has 0 bridgehead atoms. The van der Waals surface area contributed by atoms with E-state index in [1.807, 2.05) is 0 Å². The predicted molar refractivity (Wildman–Crippen MR) is 142 cm³/mol. The summed E-state index contributed by atoms with van der Waals surface area (Å²) < 4.78 is 36.9. The van der Waals surface area contributed by atoms with E-state index >= 15 is 8.78 Å². The predicted octanol–water partition coefficient (Wildman–Crippen LogP) is 9.69. The Hall–Kier alpha value is -0.960. The third kappa shape index (κ3) is 7.08. The summed E-state index contributed by atoms with van der Waals surface area (Å²) in [6.07, 6.45) is 21.1. The molecule has 2 fully saturated rings. The van der Waals surface area contributed by atoms with Crippen LogP contribution in [-0.2, 0) is 17.6 Å². The van der Waals surface area contributed by atoms with Gasteiger partial charge in [0.2, 0.25) is 0 Å². The Labute approximate surface area is 213 Å². The van der Waals surface area contributed by atoms with Crippen LogP contribution in [0.25, 0.3) is 0 Å². The van der Waals surface area contributed by atoms with Crippen molar-refractivity contribution in [2.45, 2.75) is 141 Å². The van der Waals surface area contributed by atoms with Gasteiger partial charge in [-0.25, -0.2) is 8.78 Å². The van der Waals surface area contributed by atoms with Gasteiger partial charge < -0.3 is 4.74 Å². The van der Waals surface area contributed by atoms with Crippen LogP contribution < -0.4 is 0 Å². The van der Waals surface area contributed by atoms with E-state index in [1.165, 1.54) is 70.6 Å². The molecule has 0 spiro atoms. The Morgan fingerprint density at radius 1 is 0.800 bits per heavy atom. The van der Waals surface area contributed by atoms with Gasteiger partial charge in [-0.3, -0.25) is 0 Å². The largest absolute Gasteiger partial charge is 0.378 e. The maximum atomic E-state index is 15.4. The van der Waals surface area contributed by atoms with E-state index < -0.39 is 11.6 Å². The summed E-state index contributed by atoms with van der Waals surface area (Å²) in [5.74, 6) is 1.04. The lowest BCUT2D eigenvalue weighted by Gasteiger charge is -2.42. The first kappa shape index (κ1) is 27.1. The van der Waals surface area contributed by atoms with Gasteiger partial charge in [-0.1, -0.05) is 71.3 Å². The van der Waals surface area contributed by atoms with Crippen molar-refractivity contribution in [1.29, 1.82) is 0 Å². The number of benzene rings is 1. The van der Waals surface area contributed by atoms with Crippen LogP contribution in [0.5, 0.6) is 0 Å². The lowest BCUT2D eigenvalue weighted by molar-refractivity contribution is -0.0164. The first-order valence-corrected chi connectivity index (χ1v) is 15.2. The monoisotopic (exact) mass is 488 g/mol. The van der Waals surface area contributed by atoms with Gasteiger partial charge in [0, 0.05) is 6.61 Å². The average Bonchev–Trinajstić information content (AvgIpc) is 2.88. The van der Waals surface area contributed by atoms with Crippen molar-refractivity contribution in [3.05, 3.63) is 34.4 Å². The standard InChI is InChI=1S/C32H50F2O/c1-3-5-7-8-9-11-23-12-13-27-22-30(32(34)31(33)29(27)19-23)26-15-14-25-21-28(17-16-24(25)20-26)35-18-10-6-4-2/h22-26,28H,3-21H2,1-2H3. The fraction of sp³-hybridized carbons (Fsp3) is 0.812. The number of hydrogen-bond donors (Lipinski definition) is 0. The zero-order valence-corrected chi connectivity index (χ0v) is 22.6. The smallest absolute Gasteiger partial charge is 0.162 e. The number of unbranched alkanes of at least 4 members (excludes halogenated alkanes) is 6. The third-order valence-electron chi connectivity index (χ3n) is 9.57. The van der Waals surface area contributed by atoms with Crippen molar-refractivity contribution < 1.29 is 13.5 Å².